The zero-order chi connectivity index (χ0) is 20.8. The monoisotopic (exact) mass is 404 g/mol. The van der Waals surface area contributed by atoms with E-state index >= 15 is 0 Å². The van der Waals surface area contributed by atoms with Crippen molar-refractivity contribution in [2.24, 2.45) is 5.73 Å². The van der Waals surface area contributed by atoms with Crippen LogP contribution in [0.15, 0.2) is 48.8 Å². The highest BCUT2D eigenvalue weighted by Gasteiger charge is 2.24. The number of benzene rings is 1. The van der Waals surface area contributed by atoms with Crippen molar-refractivity contribution in [2.45, 2.75) is 19.5 Å². The van der Waals surface area contributed by atoms with Crippen molar-refractivity contribution >= 4 is 11.6 Å². The number of aromatic nitrogens is 4. The average molecular weight is 404 g/mol. The van der Waals surface area contributed by atoms with Crippen molar-refractivity contribution < 1.29 is 9.18 Å². The molecule has 30 heavy (non-hydrogen) atoms. The molecule has 0 bridgehead atoms. The SMILES string of the molecule is CN1CCn2c(nc(-c3ccc(F)cc3)c2-c2ccc3ncc(CC(N)=O)n3c2)C1. The number of nitrogens with zero attached hydrogens (tertiary/aromatic N) is 5. The quantitative estimate of drug-likeness (QED) is 0.567. The summed E-state index contributed by atoms with van der Waals surface area (Å²) in [6.45, 7) is 2.47. The Kier molecular flexibility index (Phi) is 4.36. The summed E-state index contributed by atoms with van der Waals surface area (Å²) < 4.78 is 17.6. The smallest absolute Gasteiger partial charge is 0.223 e. The van der Waals surface area contributed by atoms with Crippen LogP contribution in [0.1, 0.15) is 11.5 Å². The fourth-order valence-electron chi connectivity index (χ4n) is 4.03. The average Bonchev–Trinajstić information content (AvgIpc) is 3.28. The Bertz CT molecular complexity index is 1260. The van der Waals surface area contributed by atoms with Gasteiger partial charge in [-0.05, 0) is 43.4 Å². The minimum absolute atomic E-state index is 0.116. The summed E-state index contributed by atoms with van der Waals surface area (Å²) in [7, 11) is 2.07. The third-order valence-electron chi connectivity index (χ3n) is 5.49. The highest BCUT2D eigenvalue weighted by atomic mass is 19.1. The number of hydrogen-bond acceptors (Lipinski definition) is 4. The first-order valence-electron chi connectivity index (χ1n) is 9.78. The van der Waals surface area contributed by atoms with Crippen molar-refractivity contribution in [1.29, 1.82) is 0 Å². The molecular formula is C22H21FN6O. The minimum Gasteiger partial charge on any atom is -0.369 e. The molecule has 1 amide bonds. The van der Waals surface area contributed by atoms with Gasteiger partial charge in [-0.25, -0.2) is 14.4 Å². The topological polar surface area (TPSA) is 81.4 Å². The first-order chi connectivity index (χ1) is 14.5. The lowest BCUT2D eigenvalue weighted by Crippen LogP contribution is -2.30. The van der Waals surface area contributed by atoms with Crippen molar-refractivity contribution in [1.82, 2.24) is 23.8 Å². The van der Waals surface area contributed by atoms with E-state index in [1.54, 1.807) is 18.3 Å². The fraction of sp³-hybridized carbons (Fsp3) is 0.227. The van der Waals surface area contributed by atoms with Crippen LogP contribution < -0.4 is 5.73 Å². The number of primary amides is 1. The van der Waals surface area contributed by atoms with Gasteiger partial charge in [0.25, 0.3) is 0 Å². The van der Waals surface area contributed by atoms with Crippen LogP contribution in [0, 0.1) is 5.82 Å². The van der Waals surface area contributed by atoms with Crippen LogP contribution >= 0.6 is 0 Å². The van der Waals surface area contributed by atoms with E-state index in [4.69, 9.17) is 10.7 Å². The first kappa shape index (κ1) is 18.5. The van der Waals surface area contributed by atoms with Crippen LogP contribution in [0.5, 0.6) is 0 Å². The number of halogens is 1. The van der Waals surface area contributed by atoms with Gasteiger partial charge in [0, 0.05) is 36.6 Å². The van der Waals surface area contributed by atoms with Crippen LogP contribution in [-0.2, 0) is 24.3 Å². The van der Waals surface area contributed by atoms with Gasteiger partial charge in [0.05, 0.1) is 30.0 Å². The predicted molar refractivity (Wildman–Crippen MR) is 111 cm³/mol. The van der Waals surface area contributed by atoms with E-state index in [1.807, 2.05) is 22.7 Å². The molecule has 0 saturated heterocycles. The molecule has 8 heteroatoms. The molecule has 0 saturated carbocycles. The van der Waals surface area contributed by atoms with Crippen molar-refractivity contribution in [3.8, 4) is 22.5 Å². The van der Waals surface area contributed by atoms with E-state index in [0.29, 0.717) is 0 Å². The summed E-state index contributed by atoms with van der Waals surface area (Å²) in [5.41, 5.74) is 10.5. The summed E-state index contributed by atoms with van der Waals surface area (Å²) in [5.74, 6) is 0.292. The van der Waals surface area contributed by atoms with Gasteiger partial charge < -0.3 is 14.7 Å². The van der Waals surface area contributed by atoms with E-state index < -0.39 is 5.91 Å². The number of carbonyl (C=O) groups excluding carboxylic acids is 1. The molecule has 0 spiro atoms. The maximum absolute atomic E-state index is 13.5. The zero-order valence-corrected chi connectivity index (χ0v) is 16.5. The van der Waals surface area contributed by atoms with Crippen LogP contribution in [0.2, 0.25) is 0 Å². The third-order valence-corrected chi connectivity index (χ3v) is 5.49. The Morgan fingerprint density at radius 1 is 1.13 bits per heavy atom. The molecule has 2 N–H and O–H groups in total. The number of nitrogens with two attached hydrogens (primary N) is 1. The third kappa shape index (κ3) is 3.15. The molecule has 3 aromatic heterocycles. The molecule has 0 aliphatic carbocycles. The van der Waals surface area contributed by atoms with Gasteiger partial charge in [-0.2, -0.15) is 0 Å². The molecule has 0 fully saturated rings. The number of hydrogen-bond donors (Lipinski definition) is 1. The van der Waals surface area contributed by atoms with Gasteiger partial charge in [-0.1, -0.05) is 0 Å². The summed E-state index contributed by atoms with van der Waals surface area (Å²) in [4.78, 5) is 23.0. The lowest BCUT2D eigenvalue weighted by atomic mass is 10.1. The van der Waals surface area contributed by atoms with Crippen LogP contribution in [0.4, 0.5) is 4.39 Å². The van der Waals surface area contributed by atoms with Gasteiger partial charge in [0.1, 0.15) is 17.3 Å². The van der Waals surface area contributed by atoms with Crippen molar-refractivity contribution in [2.75, 3.05) is 13.6 Å². The molecule has 152 valence electrons. The van der Waals surface area contributed by atoms with Crippen molar-refractivity contribution in [3.63, 3.8) is 0 Å². The Balaban J connectivity index is 1.71. The van der Waals surface area contributed by atoms with E-state index in [9.17, 15) is 9.18 Å². The van der Waals surface area contributed by atoms with E-state index in [0.717, 1.165) is 59.3 Å². The van der Waals surface area contributed by atoms with Gasteiger partial charge in [0.15, 0.2) is 0 Å². The normalized spacial score (nSPS) is 14.2. The zero-order valence-electron chi connectivity index (χ0n) is 16.5. The molecule has 4 heterocycles. The van der Waals surface area contributed by atoms with Crippen LogP contribution in [0.3, 0.4) is 0 Å². The molecule has 0 atom stereocenters. The van der Waals surface area contributed by atoms with Crippen LogP contribution in [-0.4, -0.2) is 43.3 Å². The summed E-state index contributed by atoms with van der Waals surface area (Å²) >= 11 is 0. The lowest BCUT2D eigenvalue weighted by molar-refractivity contribution is -0.117. The molecule has 5 rings (SSSR count). The Morgan fingerprint density at radius 3 is 2.67 bits per heavy atom. The molecule has 1 aliphatic rings. The minimum atomic E-state index is -0.404. The largest absolute Gasteiger partial charge is 0.369 e. The van der Waals surface area contributed by atoms with Gasteiger partial charge in [0.2, 0.25) is 5.91 Å². The number of carbonyl (C=O) groups is 1. The standard InChI is InChI=1S/C22H21FN6O/c1-27-8-9-28-20(13-27)26-21(14-2-5-16(23)6-3-14)22(28)15-4-7-19-25-11-17(10-18(24)30)29(19)12-15/h2-7,11-12H,8-10,13H2,1H3,(H2,24,30). The Labute approximate surface area is 172 Å². The highest BCUT2D eigenvalue weighted by molar-refractivity contribution is 5.80. The van der Waals surface area contributed by atoms with Crippen LogP contribution in [0.25, 0.3) is 28.2 Å². The number of rotatable bonds is 4. The number of pyridine rings is 1. The summed E-state index contributed by atoms with van der Waals surface area (Å²) in [6.07, 6.45) is 3.76. The molecule has 7 nitrogen and oxygen atoms in total. The van der Waals surface area contributed by atoms with Gasteiger partial charge >= 0.3 is 0 Å². The number of likely N-dealkylation sites (N-methyl/N-ethyl adjacent to an activating group) is 1. The maximum atomic E-state index is 13.5. The number of imidazole rings is 2. The molecule has 1 aliphatic heterocycles. The summed E-state index contributed by atoms with van der Waals surface area (Å²) in [6, 6.07) is 10.3. The van der Waals surface area contributed by atoms with Gasteiger partial charge in [-0.15, -0.1) is 0 Å². The second-order valence-electron chi connectivity index (χ2n) is 7.66. The number of fused-ring (bicyclic) bond motifs is 2. The van der Waals surface area contributed by atoms with Crippen molar-refractivity contribution in [3.05, 3.63) is 66.1 Å². The lowest BCUT2D eigenvalue weighted by Gasteiger charge is -2.24. The summed E-state index contributed by atoms with van der Waals surface area (Å²) in [5, 5.41) is 0. The second-order valence-corrected chi connectivity index (χ2v) is 7.66. The van der Waals surface area contributed by atoms with E-state index in [1.165, 1.54) is 12.1 Å². The first-order valence-corrected chi connectivity index (χ1v) is 9.78. The molecular weight excluding hydrogens is 383 g/mol. The Hall–Kier alpha value is -3.52. The van der Waals surface area contributed by atoms with E-state index in [-0.39, 0.29) is 12.2 Å². The molecule has 0 radical (unpaired) electrons. The predicted octanol–water partition coefficient (Wildman–Crippen LogP) is 2.48. The molecule has 0 unspecified atom stereocenters. The number of amides is 1. The molecule has 4 aromatic rings. The molecule has 1 aromatic carbocycles. The fourth-order valence-corrected chi connectivity index (χ4v) is 4.03. The van der Waals surface area contributed by atoms with Gasteiger partial charge in [-0.3, -0.25) is 9.69 Å². The Morgan fingerprint density at radius 2 is 1.90 bits per heavy atom. The maximum Gasteiger partial charge on any atom is 0.223 e. The second kappa shape index (κ2) is 7.07. The van der Waals surface area contributed by atoms with E-state index in [2.05, 4.69) is 21.5 Å². The highest BCUT2D eigenvalue weighted by Crippen LogP contribution is 2.34.